The number of rotatable bonds is 5. The zero-order valence-electron chi connectivity index (χ0n) is 9.83. The predicted octanol–water partition coefficient (Wildman–Crippen LogP) is 2.29. The van der Waals surface area contributed by atoms with Crippen LogP contribution < -0.4 is 4.72 Å². The summed E-state index contributed by atoms with van der Waals surface area (Å²) in [6.07, 6.45) is 0.0956. The number of anilines is 1. The maximum Gasteiger partial charge on any atom is 0.271 e. The molecule has 0 aliphatic heterocycles. The highest BCUT2D eigenvalue weighted by molar-refractivity contribution is 7.93. The first kappa shape index (κ1) is 15.2. The van der Waals surface area contributed by atoms with E-state index < -0.39 is 20.2 Å². The summed E-state index contributed by atoms with van der Waals surface area (Å²) in [6, 6.07) is 5.01. The van der Waals surface area contributed by atoms with Crippen molar-refractivity contribution in [2.45, 2.75) is 18.6 Å². The molecule has 1 N–H and O–H groups in total. The van der Waals surface area contributed by atoms with Gasteiger partial charge in [-0.3, -0.25) is 14.8 Å². The highest BCUT2D eigenvalue weighted by Crippen LogP contribution is 2.28. The van der Waals surface area contributed by atoms with Gasteiger partial charge in [-0.15, -0.1) is 0 Å². The first-order chi connectivity index (χ1) is 8.81. The van der Waals surface area contributed by atoms with E-state index in [0.717, 1.165) is 12.1 Å². The second-order valence-corrected chi connectivity index (χ2v) is 5.86. The molecule has 0 bridgehead atoms. The van der Waals surface area contributed by atoms with Gasteiger partial charge in [-0.05, 0) is 12.5 Å². The molecule has 1 aromatic carbocycles. The molecule has 0 fully saturated rings. The minimum atomic E-state index is -3.96. The summed E-state index contributed by atoms with van der Waals surface area (Å²) in [5.74, 6) is 0. The van der Waals surface area contributed by atoms with Crippen molar-refractivity contribution in [3.63, 3.8) is 0 Å². The third-order valence-corrected chi connectivity index (χ3v) is 4.32. The van der Waals surface area contributed by atoms with Crippen LogP contribution in [0.5, 0.6) is 0 Å². The van der Waals surface area contributed by atoms with Crippen molar-refractivity contribution < 1.29 is 13.3 Å². The average molecular weight is 304 g/mol. The average Bonchev–Trinajstić information content (AvgIpc) is 2.32. The fourth-order valence-corrected chi connectivity index (χ4v) is 2.73. The molecule has 1 aromatic rings. The number of halogens is 1. The van der Waals surface area contributed by atoms with E-state index in [1.54, 1.807) is 13.0 Å². The zero-order valence-corrected chi connectivity index (χ0v) is 11.4. The van der Waals surface area contributed by atoms with Crippen LogP contribution in [0.1, 0.15) is 13.3 Å². The van der Waals surface area contributed by atoms with Crippen LogP contribution in [0, 0.1) is 21.4 Å². The second kappa shape index (κ2) is 5.86. The number of hydrogen-bond acceptors (Lipinski definition) is 5. The molecule has 0 saturated carbocycles. The Morgan fingerprint density at radius 2 is 2.21 bits per heavy atom. The Morgan fingerprint density at radius 3 is 2.68 bits per heavy atom. The van der Waals surface area contributed by atoms with Crippen LogP contribution in [0.25, 0.3) is 0 Å². The third-order valence-electron chi connectivity index (χ3n) is 2.30. The van der Waals surface area contributed by atoms with E-state index in [9.17, 15) is 18.5 Å². The maximum atomic E-state index is 11.8. The molecule has 0 heterocycles. The lowest BCUT2D eigenvalue weighted by molar-refractivity contribution is -0.384. The smallest absolute Gasteiger partial charge is 0.271 e. The van der Waals surface area contributed by atoms with Gasteiger partial charge in [0.2, 0.25) is 10.0 Å². The van der Waals surface area contributed by atoms with Gasteiger partial charge in [-0.25, -0.2) is 8.42 Å². The number of nitrogens with zero attached hydrogens (tertiary/aromatic N) is 2. The standard InChI is InChI=1S/C10H10ClN3O4S/c1-2-8(6-12)19(17,18)13-10-5-7(14(15)16)3-4-9(10)11/h3-5,8,13H,2H2,1H3. The Balaban J connectivity index is 3.16. The molecule has 7 nitrogen and oxygen atoms in total. The van der Waals surface area contributed by atoms with Crippen LogP contribution in [-0.4, -0.2) is 18.6 Å². The summed E-state index contributed by atoms with van der Waals surface area (Å²) in [4.78, 5) is 9.94. The van der Waals surface area contributed by atoms with E-state index in [-0.39, 0.29) is 22.8 Å². The van der Waals surface area contributed by atoms with Crippen molar-refractivity contribution in [2.24, 2.45) is 0 Å². The number of nitro benzene ring substituents is 1. The molecule has 0 saturated heterocycles. The van der Waals surface area contributed by atoms with Crippen LogP contribution in [0.15, 0.2) is 18.2 Å². The number of benzene rings is 1. The van der Waals surface area contributed by atoms with Crippen molar-refractivity contribution in [3.8, 4) is 6.07 Å². The van der Waals surface area contributed by atoms with Crippen molar-refractivity contribution in [1.29, 1.82) is 5.26 Å². The van der Waals surface area contributed by atoms with E-state index in [2.05, 4.69) is 4.72 Å². The molecule has 1 rings (SSSR count). The first-order valence-corrected chi connectivity index (χ1v) is 7.09. The number of nitrogens with one attached hydrogen (secondary N) is 1. The maximum absolute atomic E-state index is 11.8. The van der Waals surface area contributed by atoms with Crippen molar-refractivity contribution in [3.05, 3.63) is 33.3 Å². The molecule has 1 unspecified atom stereocenters. The molecule has 102 valence electrons. The van der Waals surface area contributed by atoms with Gasteiger partial charge in [0.25, 0.3) is 5.69 Å². The monoisotopic (exact) mass is 303 g/mol. The first-order valence-electron chi connectivity index (χ1n) is 5.17. The molecule has 19 heavy (non-hydrogen) atoms. The fourth-order valence-electron chi connectivity index (χ4n) is 1.31. The quantitative estimate of drug-likeness (QED) is 0.662. The van der Waals surface area contributed by atoms with Gasteiger partial charge in [-0.1, -0.05) is 18.5 Å². The molecule has 0 spiro atoms. The molecule has 0 aromatic heterocycles. The Bertz CT molecular complexity index is 639. The van der Waals surface area contributed by atoms with Gasteiger partial charge < -0.3 is 0 Å². The van der Waals surface area contributed by atoms with Crippen LogP contribution in [-0.2, 0) is 10.0 Å². The van der Waals surface area contributed by atoms with E-state index >= 15 is 0 Å². The van der Waals surface area contributed by atoms with Crippen LogP contribution in [0.4, 0.5) is 11.4 Å². The Hall–Kier alpha value is -1.85. The summed E-state index contributed by atoms with van der Waals surface area (Å²) in [7, 11) is -3.96. The van der Waals surface area contributed by atoms with Gasteiger partial charge >= 0.3 is 0 Å². The molecule has 1 atom stereocenters. The molecular formula is C10H10ClN3O4S. The van der Waals surface area contributed by atoms with Crippen LogP contribution in [0.2, 0.25) is 5.02 Å². The number of nitriles is 1. The Labute approximate surface area is 115 Å². The molecule has 0 aliphatic rings. The van der Waals surface area contributed by atoms with Crippen molar-refractivity contribution in [1.82, 2.24) is 0 Å². The number of hydrogen-bond donors (Lipinski definition) is 1. The summed E-state index contributed by atoms with van der Waals surface area (Å²) < 4.78 is 25.8. The lowest BCUT2D eigenvalue weighted by Gasteiger charge is -2.12. The van der Waals surface area contributed by atoms with E-state index in [0.29, 0.717) is 0 Å². The molecular weight excluding hydrogens is 294 g/mol. The van der Waals surface area contributed by atoms with Gasteiger partial charge in [0.05, 0.1) is 21.7 Å². The summed E-state index contributed by atoms with van der Waals surface area (Å²) in [5.41, 5.74) is -0.420. The van der Waals surface area contributed by atoms with Crippen LogP contribution in [0.3, 0.4) is 0 Å². The highest BCUT2D eigenvalue weighted by atomic mass is 35.5. The largest absolute Gasteiger partial charge is 0.281 e. The number of non-ortho nitro benzene ring substituents is 1. The number of nitro groups is 1. The number of sulfonamides is 1. The summed E-state index contributed by atoms with van der Waals surface area (Å²) >= 11 is 5.77. The third kappa shape index (κ3) is 3.56. The zero-order chi connectivity index (χ0) is 14.6. The summed E-state index contributed by atoms with van der Waals surface area (Å²) in [5, 5.41) is 18.1. The SMILES string of the molecule is CCC(C#N)S(=O)(=O)Nc1cc([N+](=O)[O-])ccc1Cl. The Morgan fingerprint density at radius 1 is 1.58 bits per heavy atom. The van der Waals surface area contributed by atoms with Gasteiger partial charge in [0, 0.05) is 12.1 Å². The van der Waals surface area contributed by atoms with Crippen molar-refractivity contribution >= 4 is 33.0 Å². The van der Waals surface area contributed by atoms with Crippen molar-refractivity contribution in [2.75, 3.05) is 4.72 Å². The summed E-state index contributed by atoms with van der Waals surface area (Å²) in [6.45, 7) is 1.54. The lowest BCUT2D eigenvalue weighted by atomic mass is 10.3. The highest BCUT2D eigenvalue weighted by Gasteiger charge is 2.24. The van der Waals surface area contributed by atoms with Gasteiger partial charge in [0.1, 0.15) is 0 Å². The Kier molecular flexibility index (Phi) is 4.69. The second-order valence-electron chi connectivity index (χ2n) is 3.59. The van der Waals surface area contributed by atoms with Gasteiger partial charge in [-0.2, -0.15) is 5.26 Å². The van der Waals surface area contributed by atoms with E-state index in [1.165, 1.54) is 6.07 Å². The lowest BCUT2D eigenvalue weighted by Crippen LogP contribution is -2.26. The molecule has 9 heteroatoms. The molecule has 0 amide bonds. The van der Waals surface area contributed by atoms with E-state index in [1.807, 2.05) is 0 Å². The predicted molar refractivity (Wildman–Crippen MR) is 70.3 cm³/mol. The molecule has 0 aliphatic carbocycles. The normalized spacial score (nSPS) is 12.5. The minimum absolute atomic E-state index is 0.0157. The topological polar surface area (TPSA) is 113 Å². The minimum Gasteiger partial charge on any atom is -0.281 e. The van der Waals surface area contributed by atoms with E-state index in [4.69, 9.17) is 16.9 Å². The fraction of sp³-hybridized carbons (Fsp3) is 0.300. The molecule has 0 radical (unpaired) electrons. The van der Waals surface area contributed by atoms with Gasteiger partial charge in [0.15, 0.2) is 5.25 Å². The van der Waals surface area contributed by atoms with Crippen LogP contribution >= 0.6 is 11.6 Å².